The highest BCUT2D eigenvalue weighted by Gasteiger charge is 2.15. The minimum Gasteiger partial charge on any atom is -1.00 e. The molecule has 0 saturated heterocycles. The molecule has 9 nitrogen and oxygen atoms in total. The lowest BCUT2D eigenvalue weighted by Gasteiger charge is -2.08. The number of likely N-dealkylation sites (N-methyl/N-ethyl adjacent to an activating group) is 1. The van der Waals surface area contributed by atoms with E-state index in [1.165, 1.54) is 22.2 Å². The largest absolute Gasteiger partial charge is 1.00 e. The van der Waals surface area contributed by atoms with Crippen molar-refractivity contribution in [1.29, 1.82) is 0 Å². The van der Waals surface area contributed by atoms with Crippen LogP contribution in [0.2, 0.25) is 0 Å². The first-order valence-corrected chi connectivity index (χ1v) is 11.9. The van der Waals surface area contributed by atoms with Gasteiger partial charge in [-0.2, -0.15) is 9.50 Å². The average Bonchev–Trinajstić information content (AvgIpc) is 3.32. The van der Waals surface area contributed by atoms with Gasteiger partial charge in [-0.05, 0) is 52.9 Å². The lowest BCUT2D eigenvalue weighted by Crippen LogP contribution is -3.06. The Labute approximate surface area is 202 Å². The molecule has 0 spiro atoms. The van der Waals surface area contributed by atoms with Crippen LogP contribution in [0, 0.1) is 6.92 Å². The summed E-state index contributed by atoms with van der Waals surface area (Å²) in [6.07, 6.45) is 0. The Balaban J connectivity index is 0.00000272. The van der Waals surface area contributed by atoms with Gasteiger partial charge in [0, 0.05) is 15.9 Å². The van der Waals surface area contributed by atoms with Crippen molar-refractivity contribution in [2.24, 2.45) is 0 Å². The molecule has 1 aromatic carbocycles. The monoisotopic (exact) mass is 541 g/mol. The zero-order chi connectivity index (χ0) is 21.1. The maximum Gasteiger partial charge on any atom is 0.254 e. The SMILES string of the molecule is Cc1cc(Sc2nnnn2CC[NH+](C)C)n2nc(SCc3ccc(Br)cc3)nc2n1.[Cl-]. The number of nitrogens with zero attached hydrogens (tertiary/aromatic N) is 8. The van der Waals surface area contributed by atoms with Crippen LogP contribution in [-0.4, -0.2) is 60.4 Å². The van der Waals surface area contributed by atoms with Crippen LogP contribution in [0.1, 0.15) is 11.3 Å². The number of hydrogen-bond acceptors (Lipinski definition) is 8. The first-order valence-electron chi connectivity index (χ1n) is 9.32. The summed E-state index contributed by atoms with van der Waals surface area (Å²) >= 11 is 6.52. The van der Waals surface area contributed by atoms with E-state index < -0.39 is 0 Å². The zero-order valence-corrected chi connectivity index (χ0v) is 21.1. The van der Waals surface area contributed by atoms with E-state index in [0.29, 0.717) is 10.9 Å². The molecular formula is C18H21BrClN9S2. The average molecular weight is 543 g/mol. The number of aryl methyl sites for hydroxylation is 1. The fraction of sp³-hybridized carbons (Fsp3) is 0.333. The van der Waals surface area contributed by atoms with Gasteiger partial charge >= 0.3 is 0 Å². The van der Waals surface area contributed by atoms with Crippen LogP contribution in [-0.2, 0) is 12.3 Å². The second-order valence-corrected chi connectivity index (χ2v) is 9.85. The first kappa shape index (κ1) is 23.9. The molecule has 3 heterocycles. The van der Waals surface area contributed by atoms with Crippen molar-refractivity contribution in [3.63, 3.8) is 0 Å². The van der Waals surface area contributed by atoms with Crippen molar-refractivity contribution in [3.05, 3.63) is 46.1 Å². The van der Waals surface area contributed by atoms with Gasteiger partial charge in [-0.25, -0.2) is 9.67 Å². The quantitative estimate of drug-likeness (QED) is 0.219. The van der Waals surface area contributed by atoms with Gasteiger partial charge in [-0.15, -0.1) is 10.2 Å². The normalized spacial score (nSPS) is 11.3. The molecule has 0 unspecified atom stereocenters. The molecule has 13 heteroatoms. The molecule has 31 heavy (non-hydrogen) atoms. The van der Waals surface area contributed by atoms with Crippen LogP contribution >= 0.6 is 39.5 Å². The second kappa shape index (κ2) is 10.7. The summed E-state index contributed by atoms with van der Waals surface area (Å²) in [7, 11) is 4.21. The summed E-state index contributed by atoms with van der Waals surface area (Å²) in [4.78, 5) is 10.5. The summed E-state index contributed by atoms with van der Waals surface area (Å²) in [5, 5.41) is 19.1. The molecule has 0 aliphatic heterocycles. The highest BCUT2D eigenvalue weighted by molar-refractivity contribution is 9.10. The summed E-state index contributed by atoms with van der Waals surface area (Å²) < 4.78 is 4.65. The van der Waals surface area contributed by atoms with E-state index in [1.54, 1.807) is 16.3 Å². The van der Waals surface area contributed by atoms with Gasteiger partial charge in [0.1, 0.15) is 5.03 Å². The van der Waals surface area contributed by atoms with E-state index in [9.17, 15) is 0 Å². The molecular weight excluding hydrogens is 522 g/mol. The van der Waals surface area contributed by atoms with Gasteiger partial charge in [0.25, 0.3) is 5.78 Å². The number of quaternary nitrogens is 1. The third-order valence-corrected chi connectivity index (χ3v) is 6.60. The fourth-order valence-electron chi connectivity index (χ4n) is 2.63. The molecule has 0 fully saturated rings. The number of nitrogens with one attached hydrogen (secondary N) is 1. The molecule has 0 radical (unpaired) electrons. The van der Waals surface area contributed by atoms with E-state index in [0.717, 1.165) is 39.2 Å². The fourth-order valence-corrected chi connectivity index (χ4v) is 4.60. The minimum atomic E-state index is 0. The van der Waals surface area contributed by atoms with Gasteiger partial charge in [-0.1, -0.05) is 39.8 Å². The summed E-state index contributed by atoms with van der Waals surface area (Å²) in [5.74, 6) is 1.36. The molecule has 1 N–H and O–H groups in total. The molecule has 3 aromatic heterocycles. The Hall–Kier alpha value is -1.73. The lowest BCUT2D eigenvalue weighted by molar-refractivity contribution is -0.859. The number of fused-ring (bicyclic) bond motifs is 1. The van der Waals surface area contributed by atoms with Crippen LogP contribution in [0.25, 0.3) is 5.78 Å². The number of aromatic nitrogens is 8. The first-order chi connectivity index (χ1) is 14.5. The molecule has 0 atom stereocenters. The van der Waals surface area contributed by atoms with E-state index in [1.807, 2.05) is 29.8 Å². The molecule has 164 valence electrons. The Morgan fingerprint density at radius 2 is 1.90 bits per heavy atom. The number of rotatable bonds is 8. The lowest BCUT2D eigenvalue weighted by atomic mass is 10.2. The topological polar surface area (TPSA) is 91.1 Å². The highest BCUT2D eigenvalue weighted by Crippen LogP contribution is 2.28. The zero-order valence-electron chi connectivity index (χ0n) is 17.2. The molecule has 0 aliphatic carbocycles. The molecule has 0 saturated carbocycles. The third-order valence-electron chi connectivity index (χ3n) is 4.19. The van der Waals surface area contributed by atoms with Crippen LogP contribution in [0.3, 0.4) is 0 Å². The smallest absolute Gasteiger partial charge is 0.254 e. The number of halogens is 2. The van der Waals surface area contributed by atoms with Crippen molar-refractivity contribution in [3.8, 4) is 0 Å². The number of hydrogen-bond donors (Lipinski definition) is 1. The Kier molecular flexibility index (Phi) is 8.28. The number of thioether (sulfide) groups is 1. The Bertz CT molecular complexity index is 1150. The predicted octanol–water partition coefficient (Wildman–Crippen LogP) is -1.23. The maximum atomic E-state index is 4.66. The standard InChI is InChI=1S/C18H20BrN9S2.ClH/c1-12-10-15(30-18-22-24-25-27(18)9-8-26(2)3)28-16(20-12)21-17(23-28)29-11-13-4-6-14(19)7-5-13;/h4-7,10H,8-9,11H2,1-3H3;1H. The Morgan fingerprint density at radius 3 is 2.65 bits per heavy atom. The van der Waals surface area contributed by atoms with Crippen molar-refractivity contribution < 1.29 is 17.3 Å². The van der Waals surface area contributed by atoms with Crippen LogP contribution in [0.4, 0.5) is 0 Å². The van der Waals surface area contributed by atoms with Crippen molar-refractivity contribution in [2.45, 2.75) is 34.6 Å². The maximum absolute atomic E-state index is 4.66. The van der Waals surface area contributed by atoms with Crippen LogP contribution in [0.5, 0.6) is 0 Å². The molecule has 4 rings (SSSR count). The van der Waals surface area contributed by atoms with Crippen molar-refractivity contribution in [2.75, 3.05) is 20.6 Å². The number of tetrazole rings is 1. The predicted molar refractivity (Wildman–Crippen MR) is 119 cm³/mol. The van der Waals surface area contributed by atoms with E-state index in [4.69, 9.17) is 0 Å². The van der Waals surface area contributed by atoms with Gasteiger partial charge in [0.2, 0.25) is 10.3 Å². The Morgan fingerprint density at radius 1 is 1.13 bits per heavy atom. The van der Waals surface area contributed by atoms with Gasteiger partial charge in [-0.3, -0.25) is 0 Å². The van der Waals surface area contributed by atoms with Gasteiger partial charge in [0.05, 0.1) is 27.2 Å². The summed E-state index contributed by atoms with van der Waals surface area (Å²) in [6.45, 7) is 3.63. The van der Waals surface area contributed by atoms with Crippen LogP contribution < -0.4 is 17.3 Å². The minimum absolute atomic E-state index is 0. The third kappa shape index (κ3) is 6.16. The molecule has 0 aliphatic rings. The molecule has 4 aromatic rings. The highest BCUT2D eigenvalue weighted by atomic mass is 79.9. The molecule has 0 amide bonds. The summed E-state index contributed by atoms with van der Waals surface area (Å²) in [5.41, 5.74) is 2.08. The van der Waals surface area contributed by atoms with Crippen molar-refractivity contribution >= 4 is 45.2 Å². The van der Waals surface area contributed by atoms with Crippen molar-refractivity contribution in [1.82, 2.24) is 39.8 Å². The number of benzene rings is 1. The van der Waals surface area contributed by atoms with E-state index in [2.05, 4.69) is 72.8 Å². The van der Waals surface area contributed by atoms with E-state index >= 15 is 0 Å². The second-order valence-electron chi connectivity index (χ2n) is 7.00. The molecule has 0 bridgehead atoms. The van der Waals surface area contributed by atoms with Crippen LogP contribution in [0.15, 0.2) is 50.1 Å². The van der Waals surface area contributed by atoms with E-state index in [-0.39, 0.29) is 12.4 Å². The van der Waals surface area contributed by atoms with Gasteiger partial charge in [0.15, 0.2) is 0 Å². The van der Waals surface area contributed by atoms with Gasteiger partial charge < -0.3 is 17.3 Å². The summed E-state index contributed by atoms with van der Waals surface area (Å²) in [6, 6.07) is 10.2.